The monoisotopic (exact) mass is 677 g/mol. The highest BCUT2D eigenvalue weighted by Gasteiger charge is 2.34. The lowest BCUT2D eigenvalue weighted by atomic mass is 9.77. The molecule has 248 valence electrons. The lowest BCUT2D eigenvalue weighted by Gasteiger charge is -2.31. The number of carbonyl (C=O) groups is 1. The van der Waals surface area contributed by atoms with Gasteiger partial charge in [0.15, 0.2) is 11.0 Å². The number of ether oxygens (including phenoxy) is 1. The van der Waals surface area contributed by atoms with E-state index in [1.807, 2.05) is 31.2 Å². The zero-order valence-electron chi connectivity index (χ0n) is 28.4. The number of rotatable bonds is 10. The number of thioether (sulfide) groups is 1. The zero-order chi connectivity index (χ0) is 33.8. The predicted molar refractivity (Wildman–Crippen MR) is 198 cm³/mol. The molecule has 7 nitrogen and oxygen atoms in total. The molecule has 6 rings (SSSR count). The maximum atomic E-state index is 13.5. The number of amides is 1. The fourth-order valence-corrected chi connectivity index (χ4v) is 8.93. The van der Waals surface area contributed by atoms with E-state index in [1.54, 1.807) is 0 Å². The van der Waals surface area contributed by atoms with Gasteiger partial charge in [0.05, 0.1) is 17.9 Å². The van der Waals surface area contributed by atoms with Crippen LogP contribution in [0, 0.1) is 24.2 Å². The third-order valence-corrected chi connectivity index (χ3v) is 11.7. The van der Waals surface area contributed by atoms with Crippen LogP contribution in [-0.2, 0) is 10.2 Å². The highest BCUT2D eigenvalue weighted by molar-refractivity contribution is 7.99. The SMILES string of the molecule is CCOc1ccc(/C=C/C2=Cc3c(sc(NC(=O)CSc4nnc(-c5cccc(C)c5)n4C4CCCCC4C)c3C#N)C(C)(C)C2)cc1. The van der Waals surface area contributed by atoms with Gasteiger partial charge in [0.25, 0.3) is 0 Å². The molecule has 1 saturated carbocycles. The summed E-state index contributed by atoms with van der Waals surface area (Å²) in [5.41, 5.74) is 5.69. The molecule has 2 unspecified atom stereocenters. The molecule has 9 heteroatoms. The molecule has 2 aliphatic carbocycles. The second kappa shape index (κ2) is 14.6. The maximum absolute atomic E-state index is 13.5. The van der Waals surface area contributed by atoms with E-state index in [2.05, 4.69) is 96.3 Å². The number of carbonyl (C=O) groups excluding carboxylic acids is 1. The van der Waals surface area contributed by atoms with E-state index in [4.69, 9.17) is 4.74 Å². The van der Waals surface area contributed by atoms with E-state index in [9.17, 15) is 10.1 Å². The number of thiophene rings is 1. The Balaban J connectivity index is 1.21. The van der Waals surface area contributed by atoms with E-state index in [1.165, 1.54) is 47.9 Å². The average molecular weight is 678 g/mol. The minimum atomic E-state index is -0.185. The van der Waals surface area contributed by atoms with Gasteiger partial charge in [-0.05, 0) is 74.4 Å². The fourth-order valence-electron chi connectivity index (χ4n) is 6.89. The van der Waals surface area contributed by atoms with Crippen molar-refractivity contribution >= 4 is 46.2 Å². The summed E-state index contributed by atoms with van der Waals surface area (Å²) in [4.78, 5) is 14.6. The summed E-state index contributed by atoms with van der Waals surface area (Å²) in [5, 5.41) is 24.0. The van der Waals surface area contributed by atoms with Crippen LogP contribution in [0.4, 0.5) is 5.00 Å². The molecular formula is C39H43N5O2S2. The van der Waals surface area contributed by atoms with E-state index < -0.39 is 0 Å². The molecule has 4 aromatic rings. The van der Waals surface area contributed by atoms with Crippen molar-refractivity contribution in [2.45, 2.75) is 83.3 Å². The number of fused-ring (bicyclic) bond motifs is 1. The standard InChI is InChI=1S/C39H43N5O2S2/c1-6-46-30-18-16-27(17-19-30)14-15-28-21-31-32(23-40)37(48-35(31)39(4,5)22-28)41-34(45)24-47-38-43-42-36(29-12-9-10-25(2)20-29)44(38)33-13-8-7-11-26(33)3/h9-10,12,14-21,26,33H,6-8,11,13,22,24H2,1-5H3,(H,41,45)/b15-14+. The van der Waals surface area contributed by atoms with Crippen LogP contribution in [0.25, 0.3) is 23.5 Å². The molecular weight excluding hydrogens is 635 g/mol. The average Bonchev–Trinajstić information content (AvgIpc) is 3.65. The first-order chi connectivity index (χ1) is 23.2. The normalized spacial score (nSPS) is 18.6. The van der Waals surface area contributed by atoms with E-state index in [-0.39, 0.29) is 23.1 Å². The molecule has 0 radical (unpaired) electrons. The highest BCUT2D eigenvalue weighted by Crippen LogP contribution is 2.48. The van der Waals surface area contributed by atoms with Crippen molar-refractivity contribution in [1.82, 2.24) is 14.8 Å². The summed E-state index contributed by atoms with van der Waals surface area (Å²) in [6.07, 6.45) is 11.8. The number of aromatic nitrogens is 3. The topological polar surface area (TPSA) is 92.8 Å². The quantitative estimate of drug-likeness (QED) is 0.168. The van der Waals surface area contributed by atoms with Crippen LogP contribution >= 0.6 is 23.1 Å². The summed E-state index contributed by atoms with van der Waals surface area (Å²) in [7, 11) is 0. The van der Waals surface area contributed by atoms with Crippen molar-refractivity contribution in [3.8, 4) is 23.2 Å². The molecule has 2 atom stereocenters. The van der Waals surface area contributed by atoms with Crippen LogP contribution in [-0.4, -0.2) is 33.0 Å². The molecule has 2 heterocycles. The number of hydrogen-bond acceptors (Lipinski definition) is 7. The Morgan fingerprint density at radius 1 is 1.17 bits per heavy atom. The molecule has 0 aliphatic heterocycles. The fraction of sp³-hybridized carbons (Fsp3) is 0.385. The Kier molecular flexibility index (Phi) is 10.2. The number of benzene rings is 2. The highest BCUT2D eigenvalue weighted by atomic mass is 32.2. The maximum Gasteiger partial charge on any atom is 0.235 e. The van der Waals surface area contributed by atoms with Gasteiger partial charge in [-0.2, -0.15) is 5.26 Å². The van der Waals surface area contributed by atoms with Crippen LogP contribution in [0.3, 0.4) is 0 Å². The molecule has 0 spiro atoms. The van der Waals surface area contributed by atoms with Gasteiger partial charge in [0, 0.05) is 27.5 Å². The Hall–Kier alpha value is -4.13. The lowest BCUT2D eigenvalue weighted by molar-refractivity contribution is -0.113. The van der Waals surface area contributed by atoms with Crippen LogP contribution in [0.5, 0.6) is 5.75 Å². The number of nitrogens with one attached hydrogen (secondary N) is 1. The van der Waals surface area contributed by atoms with Crippen molar-refractivity contribution in [1.29, 1.82) is 5.26 Å². The van der Waals surface area contributed by atoms with Crippen LogP contribution in [0.2, 0.25) is 0 Å². The van der Waals surface area contributed by atoms with Crippen LogP contribution < -0.4 is 10.1 Å². The molecule has 1 N–H and O–H groups in total. The Labute approximate surface area is 292 Å². The van der Waals surface area contributed by atoms with Gasteiger partial charge in [-0.15, -0.1) is 21.5 Å². The number of nitriles is 1. The van der Waals surface area contributed by atoms with E-state index in [0.29, 0.717) is 23.1 Å². The summed E-state index contributed by atoms with van der Waals surface area (Å²) in [6, 6.07) is 19.1. The van der Waals surface area contributed by atoms with Crippen molar-refractivity contribution in [3.05, 3.63) is 87.3 Å². The number of allylic oxidation sites excluding steroid dienone is 2. The van der Waals surface area contributed by atoms with Gasteiger partial charge in [0.1, 0.15) is 16.8 Å². The molecule has 0 saturated heterocycles. The first kappa shape index (κ1) is 33.8. The van der Waals surface area contributed by atoms with E-state index >= 15 is 0 Å². The first-order valence-electron chi connectivity index (χ1n) is 16.8. The summed E-state index contributed by atoms with van der Waals surface area (Å²) in [5.74, 6) is 2.24. The van der Waals surface area contributed by atoms with Crippen LogP contribution in [0.1, 0.15) is 93.0 Å². The molecule has 0 bridgehead atoms. The largest absolute Gasteiger partial charge is 0.494 e. The number of hydrogen-bond donors (Lipinski definition) is 1. The van der Waals surface area contributed by atoms with Crippen molar-refractivity contribution in [2.24, 2.45) is 5.92 Å². The smallest absolute Gasteiger partial charge is 0.235 e. The van der Waals surface area contributed by atoms with E-state index in [0.717, 1.165) is 56.7 Å². The number of aryl methyl sites for hydroxylation is 1. The third-order valence-electron chi connectivity index (χ3n) is 9.25. The van der Waals surface area contributed by atoms with Crippen molar-refractivity contribution in [3.63, 3.8) is 0 Å². The molecule has 2 aliphatic rings. The Morgan fingerprint density at radius 2 is 1.96 bits per heavy atom. The summed E-state index contributed by atoms with van der Waals surface area (Å²) in [6.45, 7) is 11.4. The molecule has 1 fully saturated rings. The van der Waals surface area contributed by atoms with Crippen molar-refractivity contribution < 1.29 is 9.53 Å². The first-order valence-corrected chi connectivity index (χ1v) is 18.6. The predicted octanol–water partition coefficient (Wildman–Crippen LogP) is 9.85. The van der Waals surface area contributed by atoms with Gasteiger partial charge < -0.3 is 10.1 Å². The zero-order valence-corrected chi connectivity index (χ0v) is 30.0. The lowest BCUT2D eigenvalue weighted by Crippen LogP contribution is -2.23. The molecule has 48 heavy (non-hydrogen) atoms. The van der Waals surface area contributed by atoms with Gasteiger partial charge >= 0.3 is 0 Å². The third kappa shape index (κ3) is 7.30. The Morgan fingerprint density at radius 3 is 2.69 bits per heavy atom. The van der Waals surface area contributed by atoms with Gasteiger partial charge in [-0.1, -0.05) is 93.4 Å². The number of nitrogens with zero attached hydrogens (tertiary/aromatic N) is 4. The second-order valence-corrected chi connectivity index (χ2v) is 15.5. The van der Waals surface area contributed by atoms with Crippen LogP contribution in [0.15, 0.2) is 65.3 Å². The van der Waals surface area contributed by atoms with Gasteiger partial charge in [-0.25, -0.2) is 0 Å². The minimum Gasteiger partial charge on any atom is -0.494 e. The number of anilines is 1. The molecule has 2 aromatic heterocycles. The second-order valence-electron chi connectivity index (χ2n) is 13.5. The minimum absolute atomic E-state index is 0.157. The molecule has 1 amide bonds. The summed E-state index contributed by atoms with van der Waals surface area (Å²) < 4.78 is 7.84. The van der Waals surface area contributed by atoms with Gasteiger partial charge in [0.2, 0.25) is 5.91 Å². The summed E-state index contributed by atoms with van der Waals surface area (Å²) >= 11 is 2.93. The Bertz CT molecular complexity index is 1890. The van der Waals surface area contributed by atoms with Crippen molar-refractivity contribution in [2.75, 3.05) is 17.7 Å². The molecule has 2 aromatic carbocycles. The van der Waals surface area contributed by atoms with Gasteiger partial charge in [-0.3, -0.25) is 9.36 Å².